The fourth-order valence-corrected chi connectivity index (χ4v) is 4.74. The van der Waals surface area contributed by atoms with E-state index in [1.807, 2.05) is 45.0 Å². The second-order valence-electron chi connectivity index (χ2n) is 7.66. The van der Waals surface area contributed by atoms with Crippen molar-refractivity contribution in [2.75, 3.05) is 19.6 Å². The van der Waals surface area contributed by atoms with Gasteiger partial charge in [0.25, 0.3) is 5.91 Å². The van der Waals surface area contributed by atoms with Gasteiger partial charge in [-0.3, -0.25) is 4.79 Å². The fraction of sp³-hybridized carbons (Fsp3) is 0.409. The van der Waals surface area contributed by atoms with Gasteiger partial charge in [0.05, 0.1) is 15.5 Å². The normalized spacial score (nSPS) is 12.2. The molecule has 0 bridgehead atoms. The number of sulfonamides is 1. The summed E-state index contributed by atoms with van der Waals surface area (Å²) in [5.41, 5.74) is 2.14. The van der Waals surface area contributed by atoms with Crippen molar-refractivity contribution in [3.63, 3.8) is 0 Å². The largest absolute Gasteiger partial charge is 0.351 e. The van der Waals surface area contributed by atoms with Crippen molar-refractivity contribution in [2.45, 2.75) is 44.9 Å². The van der Waals surface area contributed by atoms with Crippen molar-refractivity contribution in [1.29, 1.82) is 0 Å². The number of nitrogens with zero attached hydrogens (tertiary/aromatic N) is 1. The van der Waals surface area contributed by atoms with E-state index in [1.165, 1.54) is 28.1 Å². The van der Waals surface area contributed by atoms with Crippen LogP contribution in [0.15, 0.2) is 47.4 Å². The van der Waals surface area contributed by atoms with E-state index in [0.29, 0.717) is 19.6 Å². The number of aryl methyl sites for hydroxylation is 1. The topological polar surface area (TPSA) is 66.5 Å². The number of rotatable bonds is 8. The minimum atomic E-state index is -3.67. The third kappa shape index (κ3) is 5.38. The molecule has 0 aliphatic carbocycles. The van der Waals surface area contributed by atoms with E-state index in [4.69, 9.17) is 11.6 Å². The first-order valence-electron chi connectivity index (χ1n) is 9.68. The van der Waals surface area contributed by atoms with E-state index in [9.17, 15) is 13.2 Å². The molecule has 0 saturated heterocycles. The monoisotopic (exact) mass is 436 g/mol. The first kappa shape index (κ1) is 23.4. The van der Waals surface area contributed by atoms with Gasteiger partial charge in [0.1, 0.15) is 0 Å². The van der Waals surface area contributed by atoms with Crippen LogP contribution in [0.5, 0.6) is 0 Å². The number of benzene rings is 2. The first-order valence-corrected chi connectivity index (χ1v) is 11.5. The molecule has 0 saturated carbocycles. The van der Waals surface area contributed by atoms with Gasteiger partial charge in [0.15, 0.2) is 0 Å². The molecule has 2 rings (SSSR count). The summed E-state index contributed by atoms with van der Waals surface area (Å²) in [6.45, 7) is 10.8. The lowest BCUT2D eigenvalue weighted by Crippen LogP contribution is -2.37. The third-order valence-corrected chi connectivity index (χ3v) is 7.43. The van der Waals surface area contributed by atoms with E-state index in [2.05, 4.69) is 5.32 Å². The maximum Gasteiger partial charge on any atom is 0.252 e. The number of carbonyl (C=O) groups excluding carboxylic acids is 1. The summed E-state index contributed by atoms with van der Waals surface area (Å²) in [4.78, 5) is 12.8. The highest BCUT2D eigenvalue weighted by Gasteiger charge is 2.25. The summed E-state index contributed by atoms with van der Waals surface area (Å²) in [5.74, 6) is -0.396. The smallest absolute Gasteiger partial charge is 0.252 e. The highest BCUT2D eigenvalue weighted by Crippen LogP contribution is 2.25. The zero-order valence-corrected chi connectivity index (χ0v) is 19.2. The van der Waals surface area contributed by atoms with Crippen LogP contribution in [-0.4, -0.2) is 38.3 Å². The summed E-state index contributed by atoms with van der Waals surface area (Å²) in [5, 5.41) is 3.11. The van der Waals surface area contributed by atoms with Crippen LogP contribution >= 0.6 is 11.6 Å². The first-order chi connectivity index (χ1) is 13.5. The third-order valence-electron chi connectivity index (χ3n) is 5.05. The molecule has 2 aromatic carbocycles. The number of hydrogen-bond donors (Lipinski definition) is 1. The van der Waals surface area contributed by atoms with Gasteiger partial charge in [-0.1, -0.05) is 69.1 Å². The molecule has 7 heteroatoms. The Morgan fingerprint density at radius 1 is 1.07 bits per heavy atom. The lowest BCUT2D eigenvalue weighted by molar-refractivity contribution is 0.0945. The Balaban J connectivity index is 2.24. The van der Waals surface area contributed by atoms with E-state index >= 15 is 0 Å². The molecule has 1 amide bonds. The molecule has 0 aromatic heterocycles. The highest BCUT2D eigenvalue weighted by molar-refractivity contribution is 7.89. The van der Waals surface area contributed by atoms with Crippen LogP contribution in [0.4, 0.5) is 0 Å². The van der Waals surface area contributed by atoms with Crippen molar-refractivity contribution in [2.24, 2.45) is 0 Å². The molecule has 158 valence electrons. The van der Waals surface area contributed by atoms with E-state index in [0.717, 1.165) is 5.56 Å². The lowest BCUT2D eigenvalue weighted by Gasteiger charge is -2.26. The van der Waals surface area contributed by atoms with Gasteiger partial charge < -0.3 is 5.32 Å². The van der Waals surface area contributed by atoms with Crippen molar-refractivity contribution < 1.29 is 13.2 Å². The van der Waals surface area contributed by atoms with Crippen LogP contribution in [0.25, 0.3) is 0 Å². The van der Waals surface area contributed by atoms with Crippen molar-refractivity contribution >= 4 is 27.5 Å². The average Bonchev–Trinajstić information content (AvgIpc) is 2.67. The standard InChI is InChI=1S/C22H29ClN2O3S/c1-6-25(7-2)29(27,28)18-12-13-20(23)19(14-18)21(26)24-15-22(4,5)17-10-8-16(3)9-11-17/h8-14H,6-7,15H2,1-5H3,(H,24,26). The molecule has 0 fully saturated rings. The number of amides is 1. The summed E-state index contributed by atoms with van der Waals surface area (Å²) >= 11 is 6.20. The molecule has 0 radical (unpaired) electrons. The Hall–Kier alpha value is -1.89. The average molecular weight is 437 g/mol. The molecule has 0 atom stereocenters. The molecular formula is C22H29ClN2O3S. The van der Waals surface area contributed by atoms with E-state index in [-0.39, 0.29) is 20.9 Å². The van der Waals surface area contributed by atoms with Crippen LogP contribution < -0.4 is 5.32 Å². The van der Waals surface area contributed by atoms with Crippen LogP contribution in [0.3, 0.4) is 0 Å². The van der Waals surface area contributed by atoms with Gasteiger partial charge in [-0.05, 0) is 30.7 Å². The Kier molecular flexibility index (Phi) is 7.49. The molecular weight excluding hydrogens is 408 g/mol. The second-order valence-corrected chi connectivity index (χ2v) is 10.0. The SMILES string of the molecule is CCN(CC)S(=O)(=O)c1ccc(Cl)c(C(=O)NCC(C)(C)c2ccc(C)cc2)c1. The maximum atomic E-state index is 12.8. The molecule has 0 unspecified atom stereocenters. The van der Waals surface area contributed by atoms with Gasteiger partial charge >= 0.3 is 0 Å². The predicted octanol–water partition coefficient (Wildman–Crippen LogP) is 4.39. The maximum absolute atomic E-state index is 12.8. The number of halogens is 1. The van der Waals surface area contributed by atoms with Gasteiger partial charge in [-0.15, -0.1) is 0 Å². The van der Waals surface area contributed by atoms with Crippen molar-refractivity contribution in [3.8, 4) is 0 Å². The molecule has 1 N–H and O–H groups in total. The summed E-state index contributed by atoms with van der Waals surface area (Å²) in [6.07, 6.45) is 0. The van der Waals surface area contributed by atoms with Crippen LogP contribution in [0.2, 0.25) is 5.02 Å². The van der Waals surface area contributed by atoms with E-state index in [1.54, 1.807) is 13.8 Å². The molecule has 0 spiro atoms. The Bertz CT molecular complexity index is 966. The molecule has 0 aliphatic rings. The Morgan fingerprint density at radius 3 is 2.21 bits per heavy atom. The number of nitrogens with one attached hydrogen (secondary N) is 1. The summed E-state index contributed by atoms with van der Waals surface area (Å²) in [7, 11) is -3.67. The second kappa shape index (κ2) is 9.28. The minimum absolute atomic E-state index is 0.0635. The lowest BCUT2D eigenvalue weighted by atomic mass is 9.84. The molecule has 0 heterocycles. The quantitative estimate of drug-likeness (QED) is 0.667. The fourth-order valence-electron chi connectivity index (χ4n) is 3.05. The Labute approximate surface area is 179 Å². The molecule has 5 nitrogen and oxygen atoms in total. The van der Waals surface area contributed by atoms with Crippen molar-refractivity contribution in [1.82, 2.24) is 9.62 Å². The van der Waals surface area contributed by atoms with Gasteiger partial charge in [-0.2, -0.15) is 4.31 Å². The summed E-state index contributed by atoms with van der Waals surface area (Å²) < 4.78 is 26.9. The van der Waals surface area contributed by atoms with Gasteiger partial charge in [0.2, 0.25) is 10.0 Å². The van der Waals surface area contributed by atoms with Crippen LogP contribution in [-0.2, 0) is 15.4 Å². The number of hydrogen-bond acceptors (Lipinski definition) is 3. The highest BCUT2D eigenvalue weighted by atomic mass is 35.5. The zero-order chi connectivity index (χ0) is 21.8. The van der Waals surface area contributed by atoms with Gasteiger partial charge in [0, 0.05) is 25.0 Å². The predicted molar refractivity (Wildman–Crippen MR) is 118 cm³/mol. The Morgan fingerprint density at radius 2 is 1.66 bits per heavy atom. The molecule has 0 aliphatic heterocycles. The summed E-state index contributed by atoms with van der Waals surface area (Å²) in [6, 6.07) is 12.4. The van der Waals surface area contributed by atoms with Crippen molar-refractivity contribution in [3.05, 3.63) is 64.2 Å². The van der Waals surface area contributed by atoms with Gasteiger partial charge in [-0.25, -0.2) is 8.42 Å². The molecule has 29 heavy (non-hydrogen) atoms. The van der Waals surface area contributed by atoms with Crippen LogP contribution in [0, 0.1) is 6.92 Å². The van der Waals surface area contributed by atoms with E-state index < -0.39 is 15.9 Å². The number of carbonyl (C=O) groups is 1. The van der Waals surface area contributed by atoms with Crippen LogP contribution in [0.1, 0.15) is 49.2 Å². The zero-order valence-electron chi connectivity index (χ0n) is 17.6. The molecule has 2 aromatic rings. The minimum Gasteiger partial charge on any atom is -0.351 e.